The summed E-state index contributed by atoms with van der Waals surface area (Å²) in [6.45, 7) is 0.874. The van der Waals surface area contributed by atoms with Crippen molar-refractivity contribution in [1.82, 2.24) is 20.1 Å². The molecule has 1 aromatic carbocycles. The molecule has 0 spiro atoms. The van der Waals surface area contributed by atoms with Crippen molar-refractivity contribution in [2.24, 2.45) is 0 Å². The number of fused-ring (bicyclic) bond motifs is 1. The number of hydrogen-bond acceptors (Lipinski definition) is 9. The molecule has 1 aromatic heterocycles. The highest BCUT2D eigenvalue weighted by Gasteiger charge is 2.19. The number of carbonyl (C=O) groups is 1. The maximum atomic E-state index is 12.4. The minimum Gasteiger partial charge on any atom is -0.490 e. The smallest absolute Gasteiger partial charge is 0.245 e. The van der Waals surface area contributed by atoms with Gasteiger partial charge in [-0.15, -0.1) is 0 Å². The summed E-state index contributed by atoms with van der Waals surface area (Å²) in [6.07, 6.45) is 2.09. The van der Waals surface area contributed by atoms with Crippen LogP contribution in [-0.2, 0) is 14.8 Å². The first-order valence-electron chi connectivity index (χ1n) is 8.79. The maximum absolute atomic E-state index is 12.4. The van der Waals surface area contributed by atoms with Crippen molar-refractivity contribution < 1.29 is 27.4 Å². The van der Waals surface area contributed by atoms with Gasteiger partial charge in [0.15, 0.2) is 11.5 Å². The number of aromatic nitrogens is 2. The van der Waals surface area contributed by atoms with Crippen LogP contribution in [0.5, 0.6) is 17.4 Å². The van der Waals surface area contributed by atoms with E-state index < -0.39 is 15.9 Å². The summed E-state index contributed by atoms with van der Waals surface area (Å²) >= 11 is 0. The topological polar surface area (TPSA) is 141 Å². The molecule has 11 nitrogen and oxygen atoms in total. The van der Waals surface area contributed by atoms with Crippen LogP contribution in [0.3, 0.4) is 0 Å². The minimum absolute atomic E-state index is 0.0325. The van der Waals surface area contributed by atoms with Gasteiger partial charge in [0.2, 0.25) is 27.8 Å². The summed E-state index contributed by atoms with van der Waals surface area (Å²) in [5, 5.41) is 0. The van der Waals surface area contributed by atoms with E-state index in [1.165, 1.54) is 25.4 Å². The second kappa shape index (κ2) is 9.39. The van der Waals surface area contributed by atoms with E-state index in [1.807, 2.05) is 0 Å². The highest BCUT2D eigenvalue weighted by molar-refractivity contribution is 7.89. The van der Waals surface area contributed by atoms with E-state index >= 15 is 0 Å². The summed E-state index contributed by atoms with van der Waals surface area (Å²) in [5.74, 6) is 0.917. The first kappa shape index (κ1) is 20.6. The summed E-state index contributed by atoms with van der Waals surface area (Å²) < 4.78 is 43.2. The van der Waals surface area contributed by atoms with Gasteiger partial charge in [0.05, 0.1) is 25.2 Å². The number of nitrogens with zero attached hydrogens (tertiary/aromatic N) is 2. The highest BCUT2D eigenvalue weighted by atomic mass is 32.2. The van der Waals surface area contributed by atoms with E-state index in [0.717, 1.165) is 6.42 Å². The van der Waals surface area contributed by atoms with Gasteiger partial charge in [-0.3, -0.25) is 15.6 Å². The zero-order chi connectivity index (χ0) is 20.7. The third kappa shape index (κ3) is 5.68. The molecule has 0 saturated carbocycles. The van der Waals surface area contributed by atoms with Crippen molar-refractivity contribution >= 4 is 21.9 Å². The normalized spacial score (nSPS) is 13.3. The molecule has 1 aliphatic rings. The molecule has 2 heterocycles. The fourth-order valence-corrected chi connectivity index (χ4v) is 3.44. The standard InChI is InChI=1S/C17H21N5O6S/c1-26-16-6-7-18-17(20-16)22-21-15(23)5-8-19-29(24,25)12-3-4-13-14(11-12)28-10-2-9-27-13/h3-4,6-7,11,19H,2,5,8-10H2,1H3,(H,21,23)(H,18,20,22). The zero-order valence-electron chi connectivity index (χ0n) is 15.7. The van der Waals surface area contributed by atoms with Crippen molar-refractivity contribution in [3.8, 4) is 17.4 Å². The predicted molar refractivity (Wildman–Crippen MR) is 102 cm³/mol. The van der Waals surface area contributed by atoms with Crippen LogP contribution in [0.15, 0.2) is 35.4 Å². The Hall–Kier alpha value is -3.12. The molecule has 0 saturated heterocycles. The lowest BCUT2D eigenvalue weighted by Crippen LogP contribution is -2.34. The third-order valence-electron chi connectivity index (χ3n) is 3.83. The Labute approximate surface area is 167 Å². The van der Waals surface area contributed by atoms with Gasteiger partial charge in [-0.1, -0.05) is 0 Å². The van der Waals surface area contributed by atoms with Crippen LogP contribution in [0.25, 0.3) is 0 Å². The highest BCUT2D eigenvalue weighted by Crippen LogP contribution is 2.31. The Kier molecular flexibility index (Phi) is 6.67. The predicted octanol–water partition coefficient (Wildman–Crippen LogP) is 0.458. The number of benzene rings is 1. The summed E-state index contributed by atoms with van der Waals surface area (Å²) in [4.78, 5) is 19.8. The number of anilines is 1. The Balaban J connectivity index is 1.50. The first-order valence-corrected chi connectivity index (χ1v) is 10.3. The monoisotopic (exact) mass is 423 g/mol. The van der Waals surface area contributed by atoms with E-state index in [0.29, 0.717) is 30.6 Å². The molecule has 0 fully saturated rings. The van der Waals surface area contributed by atoms with Crippen molar-refractivity contribution in [1.29, 1.82) is 0 Å². The fourth-order valence-electron chi connectivity index (χ4n) is 2.40. The lowest BCUT2D eigenvalue weighted by molar-refractivity contribution is -0.120. The number of nitrogens with one attached hydrogen (secondary N) is 3. The molecule has 0 aliphatic carbocycles. The number of methoxy groups -OCH3 is 1. The van der Waals surface area contributed by atoms with Crippen LogP contribution in [0.1, 0.15) is 12.8 Å². The van der Waals surface area contributed by atoms with Gasteiger partial charge in [0.1, 0.15) is 0 Å². The lowest BCUT2D eigenvalue weighted by atomic mass is 10.3. The lowest BCUT2D eigenvalue weighted by Gasteiger charge is -2.11. The molecule has 12 heteroatoms. The van der Waals surface area contributed by atoms with Crippen LogP contribution in [0.2, 0.25) is 0 Å². The Morgan fingerprint density at radius 1 is 1.21 bits per heavy atom. The second-order valence-electron chi connectivity index (χ2n) is 5.90. The minimum atomic E-state index is -3.80. The fraction of sp³-hybridized carbons (Fsp3) is 0.353. The van der Waals surface area contributed by atoms with Crippen molar-refractivity contribution in [3.63, 3.8) is 0 Å². The van der Waals surface area contributed by atoms with Gasteiger partial charge in [-0.05, 0) is 12.1 Å². The average molecular weight is 423 g/mol. The van der Waals surface area contributed by atoms with E-state index in [4.69, 9.17) is 14.2 Å². The molecule has 0 atom stereocenters. The van der Waals surface area contributed by atoms with Gasteiger partial charge < -0.3 is 14.2 Å². The zero-order valence-corrected chi connectivity index (χ0v) is 16.5. The number of hydrazine groups is 1. The average Bonchev–Trinajstić information content (AvgIpc) is 2.97. The van der Waals surface area contributed by atoms with Crippen molar-refractivity contribution in [3.05, 3.63) is 30.5 Å². The molecule has 2 aromatic rings. The Morgan fingerprint density at radius 2 is 2.00 bits per heavy atom. The van der Waals surface area contributed by atoms with Crippen LogP contribution >= 0.6 is 0 Å². The van der Waals surface area contributed by atoms with E-state index in [9.17, 15) is 13.2 Å². The SMILES string of the molecule is COc1ccnc(NNC(=O)CCNS(=O)(=O)c2ccc3c(c2)OCCCO3)n1. The number of sulfonamides is 1. The molecule has 3 rings (SSSR count). The van der Waals surface area contributed by atoms with Crippen molar-refractivity contribution in [2.75, 3.05) is 32.3 Å². The molecule has 0 bridgehead atoms. The van der Waals surface area contributed by atoms with Gasteiger partial charge in [0.25, 0.3) is 0 Å². The number of amides is 1. The summed E-state index contributed by atoms with van der Waals surface area (Å²) in [5.41, 5.74) is 4.91. The van der Waals surface area contributed by atoms with Crippen molar-refractivity contribution in [2.45, 2.75) is 17.7 Å². The van der Waals surface area contributed by atoms with Gasteiger partial charge in [-0.2, -0.15) is 4.98 Å². The molecule has 0 unspecified atom stereocenters. The van der Waals surface area contributed by atoms with Crippen LogP contribution < -0.4 is 29.8 Å². The molecule has 3 N–H and O–H groups in total. The molecule has 1 amide bonds. The Bertz CT molecular complexity index is 969. The van der Waals surface area contributed by atoms with Crippen LogP contribution in [-0.4, -0.2) is 51.2 Å². The summed E-state index contributed by atoms with van der Waals surface area (Å²) in [6, 6.07) is 5.95. The van der Waals surface area contributed by atoms with E-state index in [1.54, 1.807) is 12.1 Å². The van der Waals surface area contributed by atoms with E-state index in [2.05, 4.69) is 25.5 Å². The second-order valence-corrected chi connectivity index (χ2v) is 7.67. The van der Waals surface area contributed by atoms with Gasteiger partial charge in [-0.25, -0.2) is 18.1 Å². The molecular weight excluding hydrogens is 402 g/mol. The third-order valence-corrected chi connectivity index (χ3v) is 5.29. The quantitative estimate of drug-likeness (QED) is 0.516. The van der Waals surface area contributed by atoms with Crippen LogP contribution in [0, 0.1) is 0 Å². The van der Waals surface area contributed by atoms with Gasteiger partial charge >= 0.3 is 0 Å². The van der Waals surface area contributed by atoms with E-state index in [-0.39, 0.29) is 23.8 Å². The number of hydrogen-bond donors (Lipinski definition) is 3. The Morgan fingerprint density at radius 3 is 2.79 bits per heavy atom. The largest absolute Gasteiger partial charge is 0.490 e. The molecule has 0 radical (unpaired) electrons. The van der Waals surface area contributed by atoms with Gasteiger partial charge in [0, 0.05) is 37.7 Å². The molecule has 29 heavy (non-hydrogen) atoms. The molecule has 1 aliphatic heterocycles. The molecular formula is C17H21N5O6S. The number of carbonyl (C=O) groups excluding carboxylic acids is 1. The number of ether oxygens (including phenoxy) is 3. The molecule has 156 valence electrons. The first-order chi connectivity index (χ1) is 14.0. The maximum Gasteiger partial charge on any atom is 0.245 e. The number of rotatable bonds is 8. The van der Waals surface area contributed by atoms with Crippen LogP contribution in [0.4, 0.5) is 5.95 Å². The summed E-state index contributed by atoms with van der Waals surface area (Å²) in [7, 11) is -2.35.